The van der Waals surface area contributed by atoms with Crippen molar-refractivity contribution in [2.75, 3.05) is 40.6 Å². The summed E-state index contributed by atoms with van der Waals surface area (Å²) in [6.45, 7) is -2.09. The van der Waals surface area contributed by atoms with E-state index in [4.69, 9.17) is 33.5 Å². The van der Waals surface area contributed by atoms with Crippen LogP contribution in [0.4, 0.5) is 0 Å². The Labute approximate surface area is 201 Å². The first-order valence-electron chi connectivity index (χ1n) is 10.8. The lowest BCUT2D eigenvalue weighted by Gasteiger charge is -2.42. The Hall–Kier alpha value is -2.04. The summed E-state index contributed by atoms with van der Waals surface area (Å²) in [6, 6.07) is 3.17. The Kier molecular flexibility index (Phi) is 9.28. The van der Waals surface area contributed by atoms with Gasteiger partial charge in [0.25, 0.3) is 0 Å². The normalized spacial score (nSPS) is 35.4. The maximum Gasteiger partial charge on any atom is 0.230 e. The second-order valence-electron chi connectivity index (χ2n) is 8.15. The maximum atomic E-state index is 10.7. The van der Waals surface area contributed by atoms with Crippen LogP contribution in [0.1, 0.15) is 5.56 Å². The molecule has 2 aliphatic heterocycles. The second kappa shape index (κ2) is 11.8. The minimum atomic E-state index is -1.99. The lowest BCUT2D eigenvalue weighted by atomic mass is 9.98. The van der Waals surface area contributed by atoms with Crippen LogP contribution in [0.3, 0.4) is 0 Å². The number of rotatable bonds is 10. The molecule has 3 rings (SSSR count). The third-order valence-corrected chi connectivity index (χ3v) is 5.83. The fourth-order valence-corrected chi connectivity index (χ4v) is 3.78. The molecule has 0 aliphatic carbocycles. The van der Waals surface area contributed by atoms with Gasteiger partial charge >= 0.3 is 0 Å². The minimum Gasteiger partial charge on any atom is -0.493 e. The molecule has 0 spiro atoms. The fraction of sp³-hybridized carbons (Fsp3) is 0.636. The van der Waals surface area contributed by atoms with E-state index in [9.17, 15) is 30.6 Å². The van der Waals surface area contributed by atoms with E-state index in [1.54, 1.807) is 18.2 Å². The van der Waals surface area contributed by atoms with Crippen LogP contribution in [-0.4, -0.2) is 125 Å². The Bertz CT molecular complexity index is 839. The standard InChI is InChI=1S/C22H32O13/c1-30-12-6-11(4-3-5-23)7-13(31-2)17(12)34-20-18(16(27)15(26)14(8-24)33-20)35-21-19(28)22(29,9-25)10-32-21/h3-4,6-7,14-16,18-21,23-29H,5,8-10H2,1-2H3/b4-3-/t14-,15-,16-,18-,19+,20+,21+,22-/m1/s1. The van der Waals surface area contributed by atoms with Gasteiger partial charge in [-0.3, -0.25) is 0 Å². The molecule has 8 atom stereocenters. The predicted octanol–water partition coefficient (Wildman–Crippen LogP) is -2.65. The molecule has 2 aliphatic rings. The van der Waals surface area contributed by atoms with Crippen molar-refractivity contribution in [3.05, 3.63) is 23.8 Å². The van der Waals surface area contributed by atoms with Crippen molar-refractivity contribution >= 4 is 6.08 Å². The Balaban J connectivity index is 1.93. The van der Waals surface area contributed by atoms with Crippen molar-refractivity contribution in [2.24, 2.45) is 0 Å². The fourth-order valence-electron chi connectivity index (χ4n) is 3.78. The largest absolute Gasteiger partial charge is 0.493 e. The molecular formula is C22H32O13. The van der Waals surface area contributed by atoms with Crippen LogP contribution in [-0.2, 0) is 14.2 Å². The number of aliphatic hydroxyl groups is 7. The molecule has 0 amide bonds. The summed E-state index contributed by atoms with van der Waals surface area (Å²) in [6.07, 6.45) is -7.54. The van der Waals surface area contributed by atoms with Gasteiger partial charge in [-0.15, -0.1) is 0 Å². The average molecular weight is 504 g/mol. The van der Waals surface area contributed by atoms with Gasteiger partial charge in [0.1, 0.15) is 30.0 Å². The van der Waals surface area contributed by atoms with E-state index < -0.39 is 68.5 Å². The second-order valence-corrected chi connectivity index (χ2v) is 8.15. The summed E-state index contributed by atoms with van der Waals surface area (Å²) in [5.74, 6) is 0.421. The molecule has 0 bridgehead atoms. The van der Waals surface area contributed by atoms with E-state index >= 15 is 0 Å². The zero-order valence-electron chi connectivity index (χ0n) is 19.3. The van der Waals surface area contributed by atoms with E-state index in [0.29, 0.717) is 5.56 Å². The van der Waals surface area contributed by atoms with Crippen LogP contribution < -0.4 is 14.2 Å². The smallest absolute Gasteiger partial charge is 0.230 e. The Morgan fingerprint density at radius 3 is 2.20 bits per heavy atom. The molecule has 0 saturated carbocycles. The van der Waals surface area contributed by atoms with Gasteiger partial charge in [-0.1, -0.05) is 12.2 Å². The van der Waals surface area contributed by atoms with Gasteiger partial charge in [0.2, 0.25) is 12.0 Å². The third kappa shape index (κ3) is 5.70. The minimum absolute atomic E-state index is 0.0368. The molecule has 2 fully saturated rings. The summed E-state index contributed by atoms with van der Waals surface area (Å²) in [5, 5.41) is 69.6. The number of hydrogen-bond donors (Lipinski definition) is 7. The molecule has 1 aromatic rings. The summed E-state index contributed by atoms with van der Waals surface area (Å²) in [5.41, 5.74) is -1.37. The van der Waals surface area contributed by atoms with Crippen molar-refractivity contribution in [1.29, 1.82) is 0 Å². The summed E-state index contributed by atoms with van der Waals surface area (Å²) in [7, 11) is 2.76. The molecule has 13 heteroatoms. The molecule has 35 heavy (non-hydrogen) atoms. The van der Waals surface area contributed by atoms with Crippen LogP contribution in [0.2, 0.25) is 0 Å². The van der Waals surface area contributed by atoms with Gasteiger partial charge in [0, 0.05) is 0 Å². The van der Waals surface area contributed by atoms with Crippen molar-refractivity contribution in [2.45, 2.75) is 48.7 Å². The van der Waals surface area contributed by atoms with Gasteiger partial charge in [-0.2, -0.15) is 0 Å². The van der Waals surface area contributed by atoms with Crippen LogP contribution in [0.5, 0.6) is 17.2 Å². The van der Waals surface area contributed by atoms with Gasteiger partial charge in [0.15, 0.2) is 23.9 Å². The van der Waals surface area contributed by atoms with E-state index in [0.717, 1.165) is 0 Å². The number of ether oxygens (including phenoxy) is 6. The number of benzene rings is 1. The highest BCUT2D eigenvalue weighted by Gasteiger charge is 2.53. The van der Waals surface area contributed by atoms with E-state index in [1.165, 1.54) is 20.3 Å². The first kappa shape index (κ1) is 27.5. The molecule has 0 radical (unpaired) electrons. The molecule has 2 saturated heterocycles. The lowest BCUT2D eigenvalue weighted by Crippen LogP contribution is -2.62. The quantitative estimate of drug-likeness (QED) is 0.175. The van der Waals surface area contributed by atoms with E-state index in [-0.39, 0.29) is 23.9 Å². The summed E-state index contributed by atoms with van der Waals surface area (Å²) >= 11 is 0. The van der Waals surface area contributed by atoms with Gasteiger partial charge in [-0.25, -0.2) is 0 Å². The van der Waals surface area contributed by atoms with Crippen LogP contribution >= 0.6 is 0 Å². The topological polar surface area (TPSA) is 197 Å². The first-order chi connectivity index (χ1) is 16.7. The van der Waals surface area contributed by atoms with Crippen LogP contribution in [0, 0.1) is 0 Å². The highest BCUT2D eigenvalue weighted by molar-refractivity contribution is 5.62. The Morgan fingerprint density at radius 2 is 1.69 bits per heavy atom. The number of aliphatic hydroxyl groups excluding tert-OH is 6. The molecule has 1 aromatic carbocycles. The monoisotopic (exact) mass is 504 g/mol. The molecule has 0 aromatic heterocycles. The van der Waals surface area contributed by atoms with Gasteiger partial charge < -0.3 is 64.2 Å². The predicted molar refractivity (Wildman–Crippen MR) is 117 cm³/mol. The highest BCUT2D eigenvalue weighted by Crippen LogP contribution is 2.41. The van der Waals surface area contributed by atoms with Crippen molar-refractivity contribution < 1.29 is 64.2 Å². The maximum absolute atomic E-state index is 10.7. The molecule has 198 valence electrons. The average Bonchev–Trinajstić information content (AvgIpc) is 3.16. The Morgan fingerprint density at radius 1 is 1.03 bits per heavy atom. The SMILES string of the molecule is COc1cc(/C=C\CO)cc(OC)c1O[C@@H]1O[C@H](CO)[C@@H](O)[C@@H](O)[C@H]1O[C@@H]1OC[C@](O)(CO)[C@H]1O. The lowest BCUT2D eigenvalue weighted by molar-refractivity contribution is -0.319. The number of methoxy groups -OCH3 is 2. The molecule has 13 nitrogen and oxygen atoms in total. The summed E-state index contributed by atoms with van der Waals surface area (Å²) in [4.78, 5) is 0. The molecule has 0 unspecified atom stereocenters. The number of hydrogen-bond acceptors (Lipinski definition) is 13. The molecular weight excluding hydrogens is 472 g/mol. The van der Waals surface area contributed by atoms with Gasteiger partial charge in [0.05, 0.1) is 40.6 Å². The first-order valence-corrected chi connectivity index (χ1v) is 10.8. The van der Waals surface area contributed by atoms with E-state index in [1.807, 2.05) is 0 Å². The van der Waals surface area contributed by atoms with Gasteiger partial charge in [-0.05, 0) is 17.7 Å². The summed E-state index contributed by atoms with van der Waals surface area (Å²) < 4.78 is 33.3. The molecule has 2 heterocycles. The highest BCUT2D eigenvalue weighted by atomic mass is 16.8. The van der Waals surface area contributed by atoms with Crippen molar-refractivity contribution in [3.63, 3.8) is 0 Å². The van der Waals surface area contributed by atoms with Crippen molar-refractivity contribution in [3.8, 4) is 17.2 Å². The van der Waals surface area contributed by atoms with Crippen LogP contribution in [0.25, 0.3) is 6.08 Å². The third-order valence-electron chi connectivity index (χ3n) is 5.83. The zero-order valence-corrected chi connectivity index (χ0v) is 19.3. The zero-order chi connectivity index (χ0) is 25.8. The van der Waals surface area contributed by atoms with Crippen molar-refractivity contribution in [1.82, 2.24) is 0 Å². The van der Waals surface area contributed by atoms with E-state index in [2.05, 4.69) is 0 Å². The molecule has 7 N–H and O–H groups in total. The van der Waals surface area contributed by atoms with Crippen LogP contribution in [0.15, 0.2) is 18.2 Å².